The van der Waals surface area contributed by atoms with E-state index in [1.54, 1.807) is 24.3 Å². The maximum atomic E-state index is 13.9. The predicted octanol–water partition coefficient (Wildman–Crippen LogP) is 5.40. The molecule has 2 atom stereocenters. The number of rotatable bonds is 4. The number of ether oxygens (including phenoxy) is 1. The largest absolute Gasteiger partial charge is 0.462 e. The van der Waals surface area contributed by atoms with Gasteiger partial charge >= 0.3 is 5.97 Å². The van der Waals surface area contributed by atoms with Crippen molar-refractivity contribution in [3.8, 4) is 0 Å². The second kappa shape index (κ2) is 7.89. The highest BCUT2D eigenvalue weighted by Crippen LogP contribution is 2.66. The summed E-state index contributed by atoms with van der Waals surface area (Å²) in [4.78, 5) is 41.5. The number of hydrogen-bond donors (Lipinski definition) is 0. The second-order valence-corrected chi connectivity index (χ2v) is 11.2. The fourth-order valence-electron chi connectivity index (χ4n) is 6.01. The molecule has 0 aromatic heterocycles. The molecule has 3 aromatic rings. The highest BCUT2D eigenvalue weighted by molar-refractivity contribution is 9.09. The summed E-state index contributed by atoms with van der Waals surface area (Å²) in [5.41, 5.74) is 5.15. The number of carbonyl (C=O) groups is 3. The summed E-state index contributed by atoms with van der Waals surface area (Å²) >= 11 is 4.00. The van der Waals surface area contributed by atoms with Crippen LogP contribution in [0.5, 0.6) is 0 Å². The summed E-state index contributed by atoms with van der Waals surface area (Å²) in [5, 5.41) is 0. The molecule has 1 aliphatic heterocycles. The minimum absolute atomic E-state index is 0.182. The van der Waals surface area contributed by atoms with Crippen molar-refractivity contribution in [2.24, 2.45) is 17.8 Å². The molecule has 6 heteroatoms. The number of esters is 1. The van der Waals surface area contributed by atoms with Crippen LogP contribution in [0.4, 0.5) is 5.69 Å². The van der Waals surface area contributed by atoms with E-state index in [4.69, 9.17) is 4.74 Å². The quantitative estimate of drug-likeness (QED) is 0.258. The molecule has 2 bridgehead atoms. The molecule has 176 valence electrons. The standard InChI is InChI=1S/C29H24BrNO4/c1-16(2)15-35-28(34)17-11-13-18(14-12-17)31-26(32)24-23-19-7-3-5-9-21(19)29(30,25(24)27(31)33)22-10-6-4-8-20(22)23/h3-14,16,23-25H,15H2,1-2H3/t23?,24-,25+,29?/m1/s1. The van der Waals surface area contributed by atoms with Gasteiger partial charge in [-0.15, -0.1) is 0 Å². The van der Waals surface area contributed by atoms with Gasteiger partial charge in [0.05, 0.1) is 34.0 Å². The number of benzene rings is 3. The van der Waals surface area contributed by atoms with Gasteiger partial charge in [0, 0.05) is 5.92 Å². The molecule has 5 nitrogen and oxygen atoms in total. The molecule has 0 saturated carbocycles. The highest BCUT2D eigenvalue weighted by Gasteiger charge is 2.67. The minimum Gasteiger partial charge on any atom is -0.462 e. The van der Waals surface area contributed by atoms with Crippen LogP contribution in [0.15, 0.2) is 72.8 Å². The summed E-state index contributed by atoms with van der Waals surface area (Å²) in [6.45, 7) is 4.28. The molecule has 1 saturated heterocycles. The SMILES string of the molecule is CC(C)COC(=O)c1ccc(N2C(=O)[C@@H]3C4c5ccccc5C(Br)(c5ccccc54)[C@@H]3C2=O)cc1. The molecule has 2 amide bonds. The lowest BCUT2D eigenvalue weighted by atomic mass is 9.55. The minimum atomic E-state index is -0.776. The van der Waals surface area contributed by atoms with Crippen molar-refractivity contribution in [2.45, 2.75) is 24.1 Å². The number of alkyl halides is 1. The van der Waals surface area contributed by atoms with Crippen molar-refractivity contribution in [3.63, 3.8) is 0 Å². The smallest absolute Gasteiger partial charge is 0.338 e. The van der Waals surface area contributed by atoms with Gasteiger partial charge in [-0.3, -0.25) is 9.59 Å². The van der Waals surface area contributed by atoms with Crippen molar-refractivity contribution in [2.75, 3.05) is 11.5 Å². The number of nitrogens with zero attached hydrogens (tertiary/aromatic N) is 1. The Labute approximate surface area is 212 Å². The van der Waals surface area contributed by atoms with Gasteiger partial charge in [0.1, 0.15) is 0 Å². The van der Waals surface area contributed by atoms with E-state index in [0.29, 0.717) is 17.9 Å². The van der Waals surface area contributed by atoms with Gasteiger partial charge in [0.2, 0.25) is 11.8 Å². The number of halogens is 1. The van der Waals surface area contributed by atoms with E-state index in [9.17, 15) is 14.4 Å². The molecule has 1 fully saturated rings. The molecule has 7 rings (SSSR count). The van der Waals surface area contributed by atoms with E-state index < -0.39 is 22.1 Å². The van der Waals surface area contributed by atoms with Crippen molar-refractivity contribution in [1.82, 2.24) is 0 Å². The van der Waals surface area contributed by atoms with Gasteiger partial charge in [-0.05, 0) is 52.4 Å². The monoisotopic (exact) mass is 529 g/mol. The maximum Gasteiger partial charge on any atom is 0.338 e. The van der Waals surface area contributed by atoms with Gasteiger partial charge in [0.15, 0.2) is 0 Å². The Hall–Kier alpha value is -3.25. The highest BCUT2D eigenvalue weighted by atomic mass is 79.9. The van der Waals surface area contributed by atoms with Gasteiger partial charge in [-0.2, -0.15) is 0 Å². The van der Waals surface area contributed by atoms with Crippen LogP contribution in [0, 0.1) is 17.8 Å². The molecule has 0 N–H and O–H groups in total. The number of hydrogen-bond acceptors (Lipinski definition) is 4. The second-order valence-electron chi connectivity index (χ2n) is 9.92. The van der Waals surface area contributed by atoms with Crippen LogP contribution < -0.4 is 4.90 Å². The summed E-state index contributed by atoms with van der Waals surface area (Å²) in [6.07, 6.45) is 0. The normalized spacial score (nSPS) is 25.9. The zero-order valence-corrected chi connectivity index (χ0v) is 21.0. The molecule has 1 heterocycles. The fraction of sp³-hybridized carbons (Fsp3) is 0.276. The van der Waals surface area contributed by atoms with Crippen molar-refractivity contribution < 1.29 is 19.1 Å². The first kappa shape index (κ1) is 22.2. The van der Waals surface area contributed by atoms with E-state index in [1.807, 2.05) is 38.1 Å². The zero-order chi connectivity index (χ0) is 24.5. The van der Waals surface area contributed by atoms with Crippen molar-refractivity contribution >= 4 is 39.4 Å². The molecule has 35 heavy (non-hydrogen) atoms. The fourth-order valence-corrected chi connectivity index (χ4v) is 7.21. The third-order valence-electron chi connectivity index (χ3n) is 7.42. The topological polar surface area (TPSA) is 63.7 Å². The average Bonchev–Trinajstić information content (AvgIpc) is 3.14. The van der Waals surface area contributed by atoms with Gasteiger partial charge in [0.25, 0.3) is 0 Å². The Morgan fingerprint density at radius 1 is 0.914 bits per heavy atom. The van der Waals surface area contributed by atoms with Gasteiger partial charge < -0.3 is 4.74 Å². The average molecular weight is 530 g/mol. The lowest BCUT2D eigenvalue weighted by molar-refractivity contribution is -0.122. The van der Waals surface area contributed by atoms with E-state index >= 15 is 0 Å². The molecule has 0 unspecified atom stereocenters. The Morgan fingerprint density at radius 3 is 2.06 bits per heavy atom. The number of anilines is 1. The molecule has 0 radical (unpaired) electrons. The van der Waals surface area contributed by atoms with Crippen LogP contribution in [-0.2, 0) is 18.7 Å². The van der Waals surface area contributed by atoms with Crippen molar-refractivity contribution in [3.05, 3.63) is 101 Å². The summed E-state index contributed by atoms with van der Waals surface area (Å²) < 4.78 is 4.53. The summed E-state index contributed by atoms with van der Waals surface area (Å²) in [5.74, 6) is -1.83. The third-order valence-corrected chi connectivity index (χ3v) is 8.77. The van der Waals surface area contributed by atoms with Crippen LogP contribution in [0.3, 0.4) is 0 Å². The van der Waals surface area contributed by atoms with Crippen molar-refractivity contribution in [1.29, 1.82) is 0 Å². The van der Waals surface area contributed by atoms with Crippen LogP contribution in [-0.4, -0.2) is 24.4 Å². The molecule has 4 aliphatic rings. The first-order chi connectivity index (χ1) is 16.8. The maximum absolute atomic E-state index is 13.9. The first-order valence-corrected chi connectivity index (χ1v) is 12.7. The van der Waals surface area contributed by atoms with Crippen LogP contribution >= 0.6 is 15.9 Å². The molecule has 3 aromatic carbocycles. The Kier molecular flexibility index (Phi) is 5.01. The number of carbonyl (C=O) groups excluding carboxylic acids is 3. The molecule has 3 aliphatic carbocycles. The third kappa shape index (κ3) is 3.02. The predicted molar refractivity (Wildman–Crippen MR) is 135 cm³/mol. The summed E-state index contributed by atoms with van der Waals surface area (Å²) in [7, 11) is 0. The van der Waals surface area contributed by atoms with Gasteiger partial charge in [-0.1, -0.05) is 78.3 Å². The van der Waals surface area contributed by atoms with Gasteiger partial charge in [-0.25, -0.2) is 9.69 Å². The van der Waals surface area contributed by atoms with E-state index in [1.165, 1.54) is 4.90 Å². The molecular weight excluding hydrogens is 506 g/mol. The Bertz CT molecular complexity index is 1330. The molecule has 0 spiro atoms. The molecular formula is C29H24BrNO4. The van der Waals surface area contributed by atoms with Crippen LogP contribution in [0.2, 0.25) is 0 Å². The number of imide groups is 1. The summed E-state index contributed by atoms with van der Waals surface area (Å²) in [6, 6.07) is 22.7. The van der Waals surface area contributed by atoms with E-state index in [2.05, 4.69) is 40.2 Å². The Morgan fingerprint density at radius 2 is 1.49 bits per heavy atom. The van der Waals surface area contributed by atoms with Crippen LogP contribution in [0.25, 0.3) is 0 Å². The Balaban J connectivity index is 1.40. The number of amides is 2. The zero-order valence-electron chi connectivity index (χ0n) is 19.4. The first-order valence-electron chi connectivity index (χ1n) is 11.9. The van der Waals surface area contributed by atoms with E-state index in [0.717, 1.165) is 22.3 Å². The van der Waals surface area contributed by atoms with E-state index in [-0.39, 0.29) is 23.7 Å². The lowest BCUT2D eigenvalue weighted by Crippen LogP contribution is -2.50. The lowest BCUT2D eigenvalue weighted by Gasteiger charge is -2.51. The van der Waals surface area contributed by atoms with Crippen LogP contribution in [0.1, 0.15) is 52.4 Å².